The average molecular weight is 431 g/mol. The summed E-state index contributed by atoms with van der Waals surface area (Å²) in [5.74, 6) is 0.320. The second kappa shape index (κ2) is 6.48. The van der Waals surface area contributed by atoms with E-state index < -0.39 is 11.8 Å². The van der Waals surface area contributed by atoms with E-state index >= 15 is 0 Å². The minimum atomic E-state index is -0.741. The Morgan fingerprint density at radius 2 is 1.97 bits per heavy atom. The van der Waals surface area contributed by atoms with Crippen LogP contribution in [0, 0.1) is 17.8 Å². The van der Waals surface area contributed by atoms with Crippen LogP contribution in [0.25, 0.3) is 0 Å². The Morgan fingerprint density at radius 1 is 1.16 bits per heavy atom. The molecule has 0 radical (unpaired) electrons. The largest absolute Gasteiger partial charge is 0.492 e. The van der Waals surface area contributed by atoms with Gasteiger partial charge in [-0.25, -0.2) is 4.79 Å². The monoisotopic (exact) mass is 431 g/mol. The molecule has 8 nitrogen and oxygen atoms in total. The van der Waals surface area contributed by atoms with E-state index in [1.54, 1.807) is 14.0 Å². The predicted octanol–water partition coefficient (Wildman–Crippen LogP) is 2.24. The van der Waals surface area contributed by atoms with Gasteiger partial charge in [-0.1, -0.05) is 13.8 Å². The Labute approximate surface area is 181 Å². The minimum absolute atomic E-state index is 0.00852. The van der Waals surface area contributed by atoms with Gasteiger partial charge in [0.15, 0.2) is 5.76 Å². The molecule has 6 heterocycles. The molecule has 0 aliphatic carbocycles. The fraction of sp³-hybridized carbons (Fsp3) is 0.739. The second-order valence-electron chi connectivity index (χ2n) is 9.87. The highest BCUT2D eigenvalue weighted by molar-refractivity contribution is 5.93. The van der Waals surface area contributed by atoms with Crippen LogP contribution in [0.5, 0.6) is 0 Å². The third-order valence-electron chi connectivity index (χ3n) is 8.23. The van der Waals surface area contributed by atoms with Crippen LogP contribution < -0.4 is 0 Å². The van der Waals surface area contributed by atoms with E-state index in [4.69, 9.17) is 23.7 Å². The van der Waals surface area contributed by atoms with Gasteiger partial charge >= 0.3 is 11.9 Å². The fourth-order valence-electron chi connectivity index (χ4n) is 6.95. The zero-order chi connectivity index (χ0) is 21.7. The number of hydrogen-bond acceptors (Lipinski definition) is 8. The molecule has 0 aromatic rings. The van der Waals surface area contributed by atoms with Gasteiger partial charge in [0.2, 0.25) is 11.5 Å². The van der Waals surface area contributed by atoms with Gasteiger partial charge in [0.25, 0.3) is 0 Å². The summed E-state index contributed by atoms with van der Waals surface area (Å²) in [6.45, 7) is 6.72. The Bertz CT molecular complexity index is 925. The molecule has 6 aliphatic heterocycles. The molecule has 5 saturated heterocycles. The molecule has 168 valence electrons. The molecule has 6 aliphatic rings. The van der Waals surface area contributed by atoms with Crippen LogP contribution in [-0.4, -0.2) is 60.6 Å². The number of carbonyl (C=O) groups excluding carboxylic acids is 2. The lowest BCUT2D eigenvalue weighted by atomic mass is 9.78. The van der Waals surface area contributed by atoms with Gasteiger partial charge in [-0.3, -0.25) is 9.69 Å². The van der Waals surface area contributed by atoms with Crippen LogP contribution in [0.15, 0.2) is 22.9 Å². The lowest BCUT2D eigenvalue weighted by molar-refractivity contribution is -0.266. The number of nitrogens with zero attached hydrogens (tertiary/aromatic N) is 1. The fourth-order valence-corrected chi connectivity index (χ4v) is 6.95. The summed E-state index contributed by atoms with van der Waals surface area (Å²) in [6, 6.07) is 0.358. The summed E-state index contributed by atoms with van der Waals surface area (Å²) in [4.78, 5) is 26.8. The number of ether oxygens (including phenoxy) is 5. The molecule has 0 aromatic carbocycles. The normalized spacial score (nSPS) is 48.6. The van der Waals surface area contributed by atoms with Crippen molar-refractivity contribution in [2.75, 3.05) is 13.7 Å². The van der Waals surface area contributed by atoms with Gasteiger partial charge in [-0.05, 0) is 32.7 Å². The molecule has 0 amide bonds. The minimum Gasteiger partial charge on any atom is -0.492 e. The number of carbonyl (C=O) groups is 2. The van der Waals surface area contributed by atoms with Crippen LogP contribution in [0.3, 0.4) is 0 Å². The summed E-state index contributed by atoms with van der Waals surface area (Å²) in [5, 5.41) is 0. The van der Waals surface area contributed by atoms with E-state index in [1.165, 1.54) is 0 Å². The topological polar surface area (TPSA) is 83.5 Å². The van der Waals surface area contributed by atoms with E-state index in [-0.39, 0.29) is 48.0 Å². The van der Waals surface area contributed by atoms with E-state index in [2.05, 4.69) is 11.8 Å². The molecule has 5 fully saturated rings. The molecule has 3 bridgehead atoms. The zero-order valence-corrected chi connectivity index (χ0v) is 18.4. The lowest BCUT2D eigenvalue weighted by Gasteiger charge is -2.41. The maximum Gasteiger partial charge on any atom is 0.343 e. The van der Waals surface area contributed by atoms with Crippen molar-refractivity contribution in [2.24, 2.45) is 17.8 Å². The molecule has 0 N–H and O–H groups in total. The molecular formula is C23H29NO7. The van der Waals surface area contributed by atoms with Crippen molar-refractivity contribution in [3.05, 3.63) is 22.9 Å². The molecule has 8 atom stereocenters. The lowest BCUT2D eigenvalue weighted by Crippen LogP contribution is -2.51. The van der Waals surface area contributed by atoms with Crippen LogP contribution in [0.2, 0.25) is 0 Å². The molecule has 31 heavy (non-hydrogen) atoms. The maximum atomic E-state index is 12.2. The molecule has 6 rings (SSSR count). The molecule has 0 unspecified atom stereocenters. The van der Waals surface area contributed by atoms with Crippen LogP contribution in [-0.2, 0) is 33.3 Å². The average Bonchev–Trinajstić information content (AvgIpc) is 3.37. The summed E-state index contributed by atoms with van der Waals surface area (Å²) < 4.78 is 30.2. The standard InChI is InChI=1S/C23H29NO7/c1-10-8-14(28-21(10)25)17-15-9-13-16-11(2)19(20-18(27-4)12(3)22(26)29-20)31-23(16,30-15)6-5-7-24(13)17/h10-11,13-17H,5-9H2,1-4H3/b20-19+/t10-,11-,13-,14-,15-,16+,17+,23+/m0/s1. The Hall–Kier alpha value is -2.06. The molecule has 8 heteroatoms. The maximum absolute atomic E-state index is 12.2. The number of rotatable bonds is 2. The molecule has 0 aromatic heterocycles. The molecule has 0 spiro atoms. The first-order valence-electron chi connectivity index (χ1n) is 11.4. The highest BCUT2D eigenvalue weighted by Crippen LogP contribution is 2.60. The summed E-state index contributed by atoms with van der Waals surface area (Å²) in [7, 11) is 1.54. The molecule has 0 saturated carbocycles. The van der Waals surface area contributed by atoms with Gasteiger partial charge in [-0.2, -0.15) is 0 Å². The van der Waals surface area contributed by atoms with E-state index in [1.807, 2.05) is 6.92 Å². The van der Waals surface area contributed by atoms with E-state index in [0.29, 0.717) is 22.9 Å². The van der Waals surface area contributed by atoms with Gasteiger partial charge in [-0.15, -0.1) is 0 Å². The van der Waals surface area contributed by atoms with Crippen molar-refractivity contribution in [3.63, 3.8) is 0 Å². The first kappa shape index (κ1) is 19.6. The van der Waals surface area contributed by atoms with Crippen molar-refractivity contribution in [1.29, 1.82) is 0 Å². The summed E-state index contributed by atoms with van der Waals surface area (Å²) >= 11 is 0. The smallest absolute Gasteiger partial charge is 0.343 e. The number of fused-ring (bicyclic) bond motifs is 1. The number of esters is 2. The number of allylic oxidation sites excluding steroid dienone is 1. The van der Waals surface area contributed by atoms with Gasteiger partial charge in [0.05, 0.1) is 30.7 Å². The number of methoxy groups -OCH3 is 1. The number of cyclic esters (lactones) is 2. The van der Waals surface area contributed by atoms with E-state index in [9.17, 15) is 9.59 Å². The van der Waals surface area contributed by atoms with Gasteiger partial charge < -0.3 is 23.7 Å². The van der Waals surface area contributed by atoms with Gasteiger partial charge in [0, 0.05) is 24.3 Å². The van der Waals surface area contributed by atoms with Crippen molar-refractivity contribution < 1.29 is 33.3 Å². The summed E-state index contributed by atoms with van der Waals surface area (Å²) in [6.07, 6.45) is 3.21. The van der Waals surface area contributed by atoms with Crippen LogP contribution in [0.4, 0.5) is 0 Å². The van der Waals surface area contributed by atoms with Gasteiger partial charge in [0.1, 0.15) is 11.9 Å². The SMILES string of the molecule is COC1=C(C)C(=O)O/C1=C1/O[C@]23CCCN4[C@H]([C@@H]5C[C@H](C)C(=O)O5)[C@H](C[C@H]4[C@H]2[C@@H]1C)O3. The highest BCUT2D eigenvalue weighted by atomic mass is 16.7. The van der Waals surface area contributed by atoms with Crippen LogP contribution >= 0.6 is 0 Å². The van der Waals surface area contributed by atoms with Crippen molar-refractivity contribution in [3.8, 4) is 0 Å². The highest BCUT2D eigenvalue weighted by Gasteiger charge is 2.68. The quantitative estimate of drug-likeness (QED) is 0.616. The van der Waals surface area contributed by atoms with Crippen molar-refractivity contribution in [1.82, 2.24) is 4.90 Å². The third-order valence-corrected chi connectivity index (χ3v) is 8.23. The predicted molar refractivity (Wildman–Crippen MR) is 106 cm³/mol. The zero-order valence-electron chi connectivity index (χ0n) is 18.4. The Morgan fingerprint density at radius 3 is 2.68 bits per heavy atom. The van der Waals surface area contributed by atoms with Crippen LogP contribution in [0.1, 0.15) is 46.5 Å². The van der Waals surface area contributed by atoms with E-state index in [0.717, 1.165) is 32.2 Å². The first-order chi connectivity index (χ1) is 14.8. The Balaban J connectivity index is 1.37. The molecular weight excluding hydrogens is 402 g/mol. The number of hydrogen-bond donors (Lipinski definition) is 0. The summed E-state index contributed by atoms with van der Waals surface area (Å²) in [5.41, 5.74) is 0.457. The third kappa shape index (κ3) is 2.49. The van der Waals surface area contributed by atoms with Crippen molar-refractivity contribution in [2.45, 2.75) is 76.5 Å². The Kier molecular flexibility index (Phi) is 4.10. The first-order valence-corrected chi connectivity index (χ1v) is 11.4. The second-order valence-corrected chi connectivity index (χ2v) is 9.87. The van der Waals surface area contributed by atoms with Crippen molar-refractivity contribution >= 4 is 11.9 Å².